The van der Waals surface area contributed by atoms with Crippen molar-refractivity contribution >= 4 is 0 Å². The minimum Gasteiger partial charge on any atom is -0.329 e. The van der Waals surface area contributed by atoms with Crippen LogP contribution in [-0.4, -0.2) is 29.6 Å². The Kier molecular flexibility index (Phi) is 8.13. The van der Waals surface area contributed by atoms with Crippen molar-refractivity contribution in [3.05, 3.63) is 0 Å². The number of hydrogen-bond donors (Lipinski definition) is 1. The van der Waals surface area contributed by atoms with E-state index in [2.05, 4.69) is 32.6 Å². The van der Waals surface area contributed by atoms with Gasteiger partial charge >= 0.3 is 0 Å². The Morgan fingerprint density at radius 3 is 2.35 bits per heavy atom. The number of unbranched alkanes of at least 4 members (excludes halogenated alkanes) is 2. The molecule has 0 saturated heterocycles. The van der Waals surface area contributed by atoms with Crippen LogP contribution in [0.25, 0.3) is 0 Å². The Labute approximate surface area is 127 Å². The summed E-state index contributed by atoms with van der Waals surface area (Å²) in [7, 11) is 0. The van der Waals surface area contributed by atoms with Gasteiger partial charge in [-0.1, -0.05) is 52.9 Å². The van der Waals surface area contributed by atoms with Gasteiger partial charge in [-0.2, -0.15) is 0 Å². The van der Waals surface area contributed by atoms with Crippen molar-refractivity contribution in [1.82, 2.24) is 4.90 Å². The smallest absolute Gasteiger partial charge is 0.0306 e. The van der Waals surface area contributed by atoms with Crippen LogP contribution in [0.2, 0.25) is 0 Å². The van der Waals surface area contributed by atoms with Crippen molar-refractivity contribution in [1.29, 1.82) is 0 Å². The van der Waals surface area contributed by atoms with Gasteiger partial charge in [-0.25, -0.2) is 0 Å². The number of rotatable bonds is 10. The summed E-state index contributed by atoms with van der Waals surface area (Å²) < 4.78 is 0. The Morgan fingerprint density at radius 2 is 1.85 bits per heavy atom. The molecule has 0 bridgehead atoms. The van der Waals surface area contributed by atoms with Crippen LogP contribution in [0.1, 0.15) is 85.5 Å². The Bertz CT molecular complexity index is 246. The topological polar surface area (TPSA) is 29.3 Å². The van der Waals surface area contributed by atoms with E-state index in [-0.39, 0.29) is 5.54 Å². The minimum atomic E-state index is 0.221. The van der Waals surface area contributed by atoms with Gasteiger partial charge in [0.1, 0.15) is 0 Å². The maximum atomic E-state index is 6.22. The number of nitrogens with two attached hydrogens (primary N) is 1. The molecule has 2 nitrogen and oxygen atoms in total. The van der Waals surface area contributed by atoms with Gasteiger partial charge in [0.25, 0.3) is 0 Å². The highest BCUT2D eigenvalue weighted by atomic mass is 15.2. The molecule has 0 spiro atoms. The van der Waals surface area contributed by atoms with Crippen molar-refractivity contribution in [2.24, 2.45) is 11.7 Å². The van der Waals surface area contributed by atoms with Gasteiger partial charge < -0.3 is 5.73 Å². The summed E-state index contributed by atoms with van der Waals surface area (Å²) in [5.41, 5.74) is 6.44. The highest BCUT2D eigenvalue weighted by Crippen LogP contribution is 2.32. The Hall–Kier alpha value is -0.0800. The first-order valence-electron chi connectivity index (χ1n) is 9.00. The van der Waals surface area contributed by atoms with E-state index < -0.39 is 0 Å². The third-order valence-corrected chi connectivity index (χ3v) is 5.16. The average molecular weight is 283 g/mol. The lowest BCUT2D eigenvalue weighted by Crippen LogP contribution is -2.55. The first-order valence-corrected chi connectivity index (χ1v) is 9.00. The summed E-state index contributed by atoms with van der Waals surface area (Å²) in [5.74, 6) is 0.788. The van der Waals surface area contributed by atoms with Gasteiger partial charge in [-0.3, -0.25) is 4.90 Å². The summed E-state index contributed by atoms with van der Waals surface area (Å²) in [6.45, 7) is 11.4. The fourth-order valence-electron chi connectivity index (χ4n) is 3.63. The predicted molar refractivity (Wildman–Crippen MR) is 90.0 cm³/mol. The highest BCUT2D eigenvalue weighted by Gasteiger charge is 2.35. The molecule has 0 aromatic heterocycles. The molecule has 0 heterocycles. The van der Waals surface area contributed by atoms with E-state index in [0.717, 1.165) is 18.5 Å². The Morgan fingerprint density at radius 1 is 1.20 bits per heavy atom. The van der Waals surface area contributed by atoms with Crippen LogP contribution in [0.3, 0.4) is 0 Å². The van der Waals surface area contributed by atoms with Gasteiger partial charge in [0.2, 0.25) is 0 Å². The van der Waals surface area contributed by atoms with Crippen LogP contribution >= 0.6 is 0 Å². The molecule has 1 fully saturated rings. The normalized spacial score (nSPS) is 19.9. The van der Waals surface area contributed by atoms with Crippen molar-refractivity contribution < 1.29 is 0 Å². The second-order valence-corrected chi connectivity index (χ2v) is 7.47. The van der Waals surface area contributed by atoms with Crippen molar-refractivity contribution in [3.63, 3.8) is 0 Å². The summed E-state index contributed by atoms with van der Waals surface area (Å²) in [4.78, 5) is 2.80. The van der Waals surface area contributed by atoms with Gasteiger partial charge in [0.15, 0.2) is 0 Å². The van der Waals surface area contributed by atoms with Crippen LogP contribution in [0.5, 0.6) is 0 Å². The van der Waals surface area contributed by atoms with E-state index in [1.807, 2.05) is 0 Å². The van der Waals surface area contributed by atoms with E-state index in [1.165, 1.54) is 64.3 Å². The molecule has 0 aliphatic heterocycles. The lowest BCUT2D eigenvalue weighted by Gasteiger charge is -2.45. The molecular formula is C18H38N2. The van der Waals surface area contributed by atoms with Crippen molar-refractivity contribution in [2.75, 3.05) is 13.1 Å². The van der Waals surface area contributed by atoms with Crippen molar-refractivity contribution in [3.8, 4) is 0 Å². The molecule has 1 atom stereocenters. The molecule has 0 aromatic carbocycles. The molecule has 1 saturated carbocycles. The van der Waals surface area contributed by atoms with Gasteiger partial charge in [-0.15, -0.1) is 0 Å². The molecule has 0 aromatic rings. The van der Waals surface area contributed by atoms with Gasteiger partial charge in [0.05, 0.1) is 0 Å². The standard InChI is InChI=1S/C18H38N2/c1-5-6-9-13-18(4,15-19)20(14-12-16(2)3)17-10-7-8-11-17/h16-17H,5-15,19H2,1-4H3. The summed E-state index contributed by atoms with van der Waals surface area (Å²) in [6, 6.07) is 0.795. The molecule has 2 heteroatoms. The SMILES string of the molecule is CCCCCC(C)(CN)N(CCC(C)C)C1CCCC1. The largest absolute Gasteiger partial charge is 0.329 e. The zero-order chi connectivity index (χ0) is 15.0. The monoisotopic (exact) mass is 282 g/mol. The van der Waals surface area contributed by atoms with Gasteiger partial charge in [0, 0.05) is 18.1 Å². The van der Waals surface area contributed by atoms with E-state index in [4.69, 9.17) is 5.73 Å². The molecule has 1 unspecified atom stereocenters. The van der Waals surface area contributed by atoms with Crippen LogP contribution in [0, 0.1) is 5.92 Å². The third-order valence-electron chi connectivity index (χ3n) is 5.16. The molecule has 20 heavy (non-hydrogen) atoms. The molecule has 2 N–H and O–H groups in total. The second kappa shape index (κ2) is 9.04. The molecule has 1 aliphatic rings. The zero-order valence-corrected chi connectivity index (χ0v) is 14.5. The van der Waals surface area contributed by atoms with E-state index in [0.29, 0.717) is 0 Å². The van der Waals surface area contributed by atoms with Gasteiger partial charge in [-0.05, 0) is 45.1 Å². The highest BCUT2D eigenvalue weighted by molar-refractivity contribution is 4.93. The zero-order valence-electron chi connectivity index (χ0n) is 14.5. The van der Waals surface area contributed by atoms with Crippen LogP contribution in [0.15, 0.2) is 0 Å². The quantitative estimate of drug-likeness (QED) is 0.594. The molecular weight excluding hydrogens is 244 g/mol. The van der Waals surface area contributed by atoms with Crippen LogP contribution in [0.4, 0.5) is 0 Å². The lowest BCUT2D eigenvalue weighted by atomic mass is 9.89. The predicted octanol–water partition coefficient (Wildman–Crippen LogP) is 4.57. The molecule has 1 aliphatic carbocycles. The second-order valence-electron chi connectivity index (χ2n) is 7.47. The number of nitrogens with zero attached hydrogens (tertiary/aromatic N) is 1. The third kappa shape index (κ3) is 5.37. The maximum absolute atomic E-state index is 6.22. The summed E-state index contributed by atoms with van der Waals surface area (Å²) in [5, 5.41) is 0. The lowest BCUT2D eigenvalue weighted by molar-refractivity contribution is 0.0491. The summed E-state index contributed by atoms with van der Waals surface area (Å²) >= 11 is 0. The summed E-state index contributed by atoms with van der Waals surface area (Å²) in [6.07, 6.45) is 12.2. The molecule has 0 amide bonds. The minimum absolute atomic E-state index is 0.221. The molecule has 0 radical (unpaired) electrons. The maximum Gasteiger partial charge on any atom is 0.0306 e. The number of hydrogen-bond acceptors (Lipinski definition) is 2. The first-order chi connectivity index (χ1) is 9.53. The van der Waals surface area contributed by atoms with Crippen molar-refractivity contribution in [2.45, 2.75) is 97.1 Å². The van der Waals surface area contributed by atoms with E-state index in [9.17, 15) is 0 Å². The van der Waals surface area contributed by atoms with E-state index in [1.54, 1.807) is 0 Å². The molecule has 120 valence electrons. The first kappa shape index (κ1) is 18.0. The van der Waals surface area contributed by atoms with Crippen LogP contribution < -0.4 is 5.73 Å². The Balaban J connectivity index is 2.69. The fraction of sp³-hybridized carbons (Fsp3) is 1.00. The fourth-order valence-corrected chi connectivity index (χ4v) is 3.63. The molecule has 1 rings (SSSR count). The van der Waals surface area contributed by atoms with E-state index >= 15 is 0 Å². The average Bonchev–Trinajstić information content (AvgIpc) is 2.92. The van der Waals surface area contributed by atoms with Crippen LogP contribution in [-0.2, 0) is 0 Å².